The molecule has 0 unspecified atom stereocenters. The second kappa shape index (κ2) is 3.95. The Bertz CT molecular complexity index is 421. The van der Waals surface area contributed by atoms with E-state index >= 15 is 0 Å². The van der Waals surface area contributed by atoms with Crippen LogP contribution in [0.5, 0.6) is 0 Å². The molecule has 0 heterocycles. The van der Waals surface area contributed by atoms with Crippen LogP contribution in [0.4, 0.5) is 13.2 Å². The van der Waals surface area contributed by atoms with Gasteiger partial charge in [-0.2, -0.15) is 13.2 Å². The fourth-order valence-corrected chi connectivity index (χ4v) is 1.33. The highest BCUT2D eigenvalue weighted by atomic mass is 35.5. The highest BCUT2D eigenvalue weighted by Gasteiger charge is 2.59. The third kappa shape index (κ3) is 1.98. The summed E-state index contributed by atoms with van der Waals surface area (Å²) in [6.07, 6.45) is -5.11. The molecular formula is C9H7ClF3NO2. The zero-order valence-corrected chi connectivity index (χ0v) is 8.51. The first-order valence-corrected chi connectivity index (χ1v) is 4.42. The summed E-state index contributed by atoms with van der Waals surface area (Å²) in [5.74, 6) is -2.18. The van der Waals surface area contributed by atoms with Crippen molar-refractivity contribution in [1.29, 1.82) is 0 Å². The van der Waals surface area contributed by atoms with Gasteiger partial charge in [-0.1, -0.05) is 23.7 Å². The van der Waals surface area contributed by atoms with Crippen LogP contribution in [-0.2, 0) is 10.3 Å². The van der Waals surface area contributed by atoms with E-state index in [4.69, 9.17) is 22.4 Å². The summed E-state index contributed by atoms with van der Waals surface area (Å²) in [5, 5.41) is 8.61. The molecule has 0 aromatic heterocycles. The summed E-state index contributed by atoms with van der Waals surface area (Å²) >= 11 is 5.49. The maximum Gasteiger partial charge on any atom is 0.421 e. The molecule has 1 rings (SSSR count). The number of carboxylic acids is 1. The smallest absolute Gasteiger partial charge is 0.421 e. The van der Waals surface area contributed by atoms with Crippen molar-refractivity contribution in [2.45, 2.75) is 11.7 Å². The molecule has 3 nitrogen and oxygen atoms in total. The molecule has 7 heteroatoms. The number of nitrogens with two attached hydrogens (primary N) is 1. The summed E-state index contributed by atoms with van der Waals surface area (Å²) in [6, 6.07) is 4.37. The molecule has 1 atom stereocenters. The van der Waals surface area contributed by atoms with Crippen LogP contribution in [-0.4, -0.2) is 17.3 Å². The third-order valence-corrected chi connectivity index (χ3v) is 2.30. The Hall–Kier alpha value is -1.27. The van der Waals surface area contributed by atoms with Crippen LogP contribution < -0.4 is 5.73 Å². The second-order valence-electron chi connectivity index (χ2n) is 3.12. The van der Waals surface area contributed by atoms with Crippen LogP contribution in [0.25, 0.3) is 0 Å². The quantitative estimate of drug-likeness (QED) is 0.849. The van der Waals surface area contributed by atoms with Gasteiger partial charge in [-0.3, -0.25) is 0 Å². The minimum Gasteiger partial charge on any atom is -0.479 e. The van der Waals surface area contributed by atoms with Crippen molar-refractivity contribution in [2.75, 3.05) is 0 Å². The standard InChI is InChI=1S/C9H7ClF3NO2/c10-6-3-1-2-5(4-6)8(14,7(15)16)9(11,12)13/h1-4H,14H2,(H,15,16)/t8-/m0/s1. The average molecular weight is 254 g/mol. The van der Waals surface area contributed by atoms with Gasteiger partial charge in [0.2, 0.25) is 5.54 Å². The van der Waals surface area contributed by atoms with E-state index in [1.807, 2.05) is 0 Å². The lowest BCUT2D eigenvalue weighted by atomic mass is 9.90. The molecule has 0 amide bonds. The molecule has 3 N–H and O–H groups in total. The predicted octanol–water partition coefficient (Wildman–Crippen LogP) is 2.14. The minimum absolute atomic E-state index is 0.0159. The van der Waals surface area contributed by atoms with E-state index in [-0.39, 0.29) is 5.02 Å². The number of alkyl halides is 3. The highest BCUT2D eigenvalue weighted by Crippen LogP contribution is 2.37. The SMILES string of the molecule is N[C@](C(=O)O)(c1cccc(Cl)c1)C(F)(F)F. The Balaban J connectivity index is 3.39. The van der Waals surface area contributed by atoms with E-state index in [1.165, 1.54) is 12.1 Å². The number of carboxylic acid groups (broad SMARTS) is 1. The van der Waals surface area contributed by atoms with Gasteiger partial charge in [-0.05, 0) is 17.7 Å². The van der Waals surface area contributed by atoms with E-state index in [9.17, 15) is 18.0 Å². The lowest BCUT2D eigenvalue weighted by molar-refractivity contribution is -0.204. The molecule has 0 fully saturated rings. The molecule has 0 saturated carbocycles. The Kier molecular flexibility index (Phi) is 3.16. The Morgan fingerprint density at radius 2 is 1.94 bits per heavy atom. The van der Waals surface area contributed by atoms with E-state index in [1.54, 1.807) is 0 Å². The zero-order valence-electron chi connectivity index (χ0n) is 7.75. The first kappa shape index (κ1) is 12.8. The normalized spacial score (nSPS) is 15.6. The number of hydrogen-bond donors (Lipinski definition) is 2. The summed E-state index contributed by atoms with van der Waals surface area (Å²) in [6.45, 7) is 0. The molecule has 0 aliphatic heterocycles. The van der Waals surface area contributed by atoms with Crippen molar-refractivity contribution in [1.82, 2.24) is 0 Å². The van der Waals surface area contributed by atoms with Gasteiger partial charge in [0.05, 0.1) is 0 Å². The van der Waals surface area contributed by atoms with Crippen molar-refractivity contribution < 1.29 is 23.1 Å². The fourth-order valence-electron chi connectivity index (χ4n) is 1.14. The van der Waals surface area contributed by atoms with Crippen molar-refractivity contribution in [3.63, 3.8) is 0 Å². The molecule has 0 bridgehead atoms. The monoisotopic (exact) mass is 253 g/mol. The number of halogens is 4. The van der Waals surface area contributed by atoms with Crippen LogP contribution in [0.2, 0.25) is 5.02 Å². The molecule has 0 saturated heterocycles. The van der Waals surface area contributed by atoms with E-state index in [0.29, 0.717) is 0 Å². The van der Waals surface area contributed by atoms with Crippen molar-refractivity contribution in [2.24, 2.45) is 5.73 Å². The summed E-state index contributed by atoms with van der Waals surface area (Å²) in [4.78, 5) is 10.7. The van der Waals surface area contributed by atoms with E-state index in [0.717, 1.165) is 12.1 Å². The number of rotatable bonds is 2. The molecule has 16 heavy (non-hydrogen) atoms. The highest BCUT2D eigenvalue weighted by molar-refractivity contribution is 6.30. The summed E-state index contributed by atoms with van der Waals surface area (Å²) in [5.41, 5.74) is 0.867. The second-order valence-corrected chi connectivity index (χ2v) is 3.56. The van der Waals surface area contributed by atoms with Crippen LogP contribution in [0.3, 0.4) is 0 Å². The lowest BCUT2D eigenvalue weighted by Gasteiger charge is -2.27. The number of benzene rings is 1. The van der Waals surface area contributed by atoms with Crippen molar-refractivity contribution in [3.8, 4) is 0 Å². The maximum atomic E-state index is 12.6. The molecule has 0 aliphatic carbocycles. The van der Waals surface area contributed by atoms with Gasteiger partial charge in [0.15, 0.2) is 0 Å². The maximum absolute atomic E-state index is 12.6. The number of hydrogen-bond acceptors (Lipinski definition) is 2. The van der Waals surface area contributed by atoms with Gasteiger partial charge in [0.1, 0.15) is 0 Å². The van der Waals surface area contributed by atoms with Crippen LogP contribution >= 0.6 is 11.6 Å². The zero-order chi connectivity index (χ0) is 12.6. The van der Waals surface area contributed by atoms with Crippen LogP contribution in [0.15, 0.2) is 24.3 Å². The molecule has 88 valence electrons. The Labute approximate surface area is 93.6 Å². The van der Waals surface area contributed by atoms with Crippen LogP contribution in [0, 0.1) is 0 Å². The van der Waals surface area contributed by atoms with Gasteiger partial charge in [-0.15, -0.1) is 0 Å². The summed E-state index contributed by atoms with van der Waals surface area (Å²) < 4.78 is 37.9. The largest absolute Gasteiger partial charge is 0.479 e. The summed E-state index contributed by atoms with van der Waals surface area (Å²) in [7, 11) is 0. The van der Waals surface area contributed by atoms with Gasteiger partial charge >= 0.3 is 12.1 Å². The number of aliphatic carboxylic acids is 1. The molecule has 0 radical (unpaired) electrons. The third-order valence-electron chi connectivity index (χ3n) is 2.06. The minimum atomic E-state index is -5.11. The van der Waals surface area contributed by atoms with Gasteiger partial charge in [-0.25, -0.2) is 4.79 Å². The first-order valence-electron chi connectivity index (χ1n) is 4.04. The van der Waals surface area contributed by atoms with Crippen LogP contribution in [0.1, 0.15) is 5.56 Å². The average Bonchev–Trinajstić information content (AvgIpc) is 2.14. The van der Waals surface area contributed by atoms with E-state index in [2.05, 4.69) is 0 Å². The molecule has 0 aliphatic rings. The molecular weight excluding hydrogens is 247 g/mol. The topological polar surface area (TPSA) is 63.3 Å². The van der Waals surface area contributed by atoms with Gasteiger partial charge in [0, 0.05) is 5.02 Å². The number of carbonyl (C=O) groups is 1. The Morgan fingerprint density at radius 3 is 2.31 bits per heavy atom. The van der Waals surface area contributed by atoms with Crippen molar-refractivity contribution >= 4 is 17.6 Å². The first-order chi connectivity index (χ1) is 7.19. The van der Waals surface area contributed by atoms with Crippen molar-refractivity contribution in [3.05, 3.63) is 34.9 Å². The van der Waals surface area contributed by atoms with E-state index < -0.39 is 23.2 Å². The van der Waals surface area contributed by atoms with Gasteiger partial charge < -0.3 is 10.8 Å². The fraction of sp³-hybridized carbons (Fsp3) is 0.222. The Morgan fingerprint density at radius 1 is 1.38 bits per heavy atom. The lowest BCUT2D eigenvalue weighted by Crippen LogP contribution is -2.56. The molecule has 1 aromatic carbocycles. The van der Waals surface area contributed by atoms with Gasteiger partial charge in [0.25, 0.3) is 0 Å². The molecule has 1 aromatic rings. The predicted molar refractivity (Wildman–Crippen MR) is 51.0 cm³/mol. The molecule has 0 spiro atoms.